The van der Waals surface area contributed by atoms with Gasteiger partial charge in [-0.15, -0.1) is 11.6 Å². The first-order valence-electron chi connectivity index (χ1n) is 5.47. The minimum atomic E-state index is -0.478. The Morgan fingerprint density at radius 1 is 1.25 bits per heavy atom. The third-order valence-electron chi connectivity index (χ3n) is 2.51. The fourth-order valence-corrected chi connectivity index (χ4v) is 2.52. The van der Waals surface area contributed by atoms with Gasteiger partial charge in [-0.2, -0.15) is 0 Å². The van der Waals surface area contributed by atoms with Crippen molar-refractivity contribution in [2.24, 2.45) is 0 Å². The molecule has 2 rings (SSSR count). The molecule has 0 unspecified atom stereocenters. The summed E-state index contributed by atoms with van der Waals surface area (Å²) in [5.74, 6) is 0.932. The summed E-state index contributed by atoms with van der Waals surface area (Å²) in [5, 5.41) is 11.3. The van der Waals surface area contributed by atoms with Crippen LogP contribution < -0.4 is 4.74 Å². The van der Waals surface area contributed by atoms with Gasteiger partial charge in [-0.25, -0.2) is 0 Å². The lowest BCUT2D eigenvalue weighted by Crippen LogP contribution is -1.94. The minimum Gasteiger partial charge on any atom is -0.456 e. The van der Waals surface area contributed by atoms with Crippen LogP contribution in [0.1, 0.15) is 5.56 Å². The van der Waals surface area contributed by atoms with E-state index < -0.39 is 4.92 Å². The molecule has 0 aliphatic carbocycles. The van der Waals surface area contributed by atoms with Crippen molar-refractivity contribution in [1.82, 2.24) is 0 Å². The van der Waals surface area contributed by atoms with Gasteiger partial charge in [-0.3, -0.25) is 10.1 Å². The zero-order valence-electron chi connectivity index (χ0n) is 9.98. The summed E-state index contributed by atoms with van der Waals surface area (Å²) in [6.45, 7) is 0. The van der Waals surface area contributed by atoms with Crippen molar-refractivity contribution in [3.8, 4) is 11.5 Å². The van der Waals surface area contributed by atoms with Crippen LogP contribution in [-0.4, -0.2) is 4.92 Å². The number of hydrogen-bond acceptors (Lipinski definition) is 3. The SMILES string of the molecule is O=[N+]([O-])c1ccc(Oc2ccc(Br)cc2Cl)cc1CCl. The van der Waals surface area contributed by atoms with Gasteiger partial charge in [-0.05, 0) is 30.3 Å². The normalized spacial score (nSPS) is 10.3. The molecule has 0 radical (unpaired) electrons. The highest BCUT2D eigenvalue weighted by atomic mass is 79.9. The van der Waals surface area contributed by atoms with Crippen LogP contribution in [0.4, 0.5) is 5.69 Å². The molecular formula is C13H8BrCl2NO3. The maximum absolute atomic E-state index is 10.8. The largest absolute Gasteiger partial charge is 0.456 e. The van der Waals surface area contributed by atoms with Gasteiger partial charge < -0.3 is 4.74 Å². The zero-order valence-corrected chi connectivity index (χ0v) is 13.1. The highest BCUT2D eigenvalue weighted by Crippen LogP contribution is 2.33. The Labute approximate surface area is 133 Å². The van der Waals surface area contributed by atoms with E-state index in [1.54, 1.807) is 18.2 Å². The van der Waals surface area contributed by atoms with Crippen LogP contribution in [0.15, 0.2) is 40.9 Å². The fourth-order valence-electron chi connectivity index (χ4n) is 1.60. The smallest absolute Gasteiger partial charge is 0.274 e. The minimum absolute atomic E-state index is 0.0293. The topological polar surface area (TPSA) is 52.4 Å². The molecule has 20 heavy (non-hydrogen) atoms. The van der Waals surface area contributed by atoms with Crippen molar-refractivity contribution in [3.63, 3.8) is 0 Å². The number of halogens is 3. The van der Waals surface area contributed by atoms with Gasteiger partial charge in [0.2, 0.25) is 0 Å². The fraction of sp³-hybridized carbons (Fsp3) is 0.0769. The first kappa shape index (κ1) is 15.1. The van der Waals surface area contributed by atoms with E-state index in [2.05, 4.69) is 15.9 Å². The molecule has 0 N–H and O–H groups in total. The van der Waals surface area contributed by atoms with Gasteiger partial charge in [0.25, 0.3) is 5.69 Å². The monoisotopic (exact) mass is 375 g/mol. The van der Waals surface area contributed by atoms with Crippen LogP contribution in [0.25, 0.3) is 0 Å². The molecule has 0 atom stereocenters. The molecule has 0 aliphatic rings. The van der Waals surface area contributed by atoms with Crippen LogP contribution in [-0.2, 0) is 5.88 Å². The molecular weight excluding hydrogens is 369 g/mol. The molecule has 0 aliphatic heterocycles. The second-order valence-electron chi connectivity index (χ2n) is 3.86. The van der Waals surface area contributed by atoms with Gasteiger partial charge >= 0.3 is 0 Å². The Kier molecular flexibility index (Phi) is 4.86. The van der Waals surface area contributed by atoms with Crippen LogP contribution >= 0.6 is 39.1 Å². The number of alkyl halides is 1. The zero-order chi connectivity index (χ0) is 14.7. The lowest BCUT2D eigenvalue weighted by Gasteiger charge is -2.09. The maximum Gasteiger partial charge on any atom is 0.274 e. The predicted octanol–water partition coefficient (Wildman–Crippen LogP) is 5.54. The summed E-state index contributed by atoms with van der Waals surface area (Å²) in [6.07, 6.45) is 0. The summed E-state index contributed by atoms with van der Waals surface area (Å²) >= 11 is 15.1. The van der Waals surface area contributed by atoms with Crippen LogP contribution in [0.3, 0.4) is 0 Å². The summed E-state index contributed by atoms with van der Waals surface area (Å²) in [6, 6.07) is 9.59. The van der Waals surface area contributed by atoms with E-state index in [1.165, 1.54) is 18.2 Å². The molecule has 104 valence electrons. The molecule has 0 spiro atoms. The number of benzene rings is 2. The quantitative estimate of drug-likeness (QED) is 0.399. The lowest BCUT2D eigenvalue weighted by atomic mass is 10.2. The molecule has 7 heteroatoms. The Morgan fingerprint density at radius 3 is 2.60 bits per heavy atom. The van der Waals surface area contributed by atoms with Crippen LogP contribution in [0.5, 0.6) is 11.5 Å². The number of hydrogen-bond donors (Lipinski definition) is 0. The predicted molar refractivity (Wildman–Crippen MR) is 81.9 cm³/mol. The number of rotatable bonds is 4. The van der Waals surface area contributed by atoms with E-state index >= 15 is 0 Å². The molecule has 2 aromatic rings. The number of nitro benzene ring substituents is 1. The second-order valence-corrected chi connectivity index (χ2v) is 5.45. The second kappa shape index (κ2) is 6.43. The average molecular weight is 377 g/mol. The molecule has 0 saturated carbocycles. The van der Waals surface area contributed by atoms with Gasteiger partial charge in [0.1, 0.15) is 11.5 Å². The highest BCUT2D eigenvalue weighted by Gasteiger charge is 2.14. The van der Waals surface area contributed by atoms with Crippen LogP contribution in [0.2, 0.25) is 5.02 Å². The Balaban J connectivity index is 2.32. The Hall–Kier alpha value is -1.30. The van der Waals surface area contributed by atoms with Gasteiger partial charge in [0.15, 0.2) is 0 Å². The van der Waals surface area contributed by atoms with Crippen LogP contribution in [0, 0.1) is 10.1 Å². The first-order chi connectivity index (χ1) is 9.51. The molecule has 2 aromatic carbocycles. The van der Waals surface area contributed by atoms with E-state index in [-0.39, 0.29) is 11.6 Å². The van der Waals surface area contributed by atoms with E-state index in [1.807, 2.05) is 0 Å². The average Bonchev–Trinajstić information content (AvgIpc) is 2.41. The van der Waals surface area contributed by atoms with Gasteiger partial charge in [-0.1, -0.05) is 27.5 Å². The summed E-state index contributed by atoms with van der Waals surface area (Å²) < 4.78 is 6.44. The maximum atomic E-state index is 10.8. The Morgan fingerprint density at radius 2 is 2.00 bits per heavy atom. The number of nitrogens with zero attached hydrogens (tertiary/aromatic N) is 1. The van der Waals surface area contributed by atoms with E-state index in [0.717, 1.165) is 4.47 Å². The molecule has 0 saturated heterocycles. The molecule has 0 bridgehead atoms. The summed E-state index contributed by atoms with van der Waals surface area (Å²) in [5.41, 5.74) is 0.358. The van der Waals surface area contributed by atoms with E-state index in [4.69, 9.17) is 27.9 Å². The van der Waals surface area contributed by atoms with Gasteiger partial charge in [0, 0.05) is 16.1 Å². The van der Waals surface area contributed by atoms with Crippen molar-refractivity contribution in [3.05, 3.63) is 61.6 Å². The molecule has 0 amide bonds. The summed E-state index contributed by atoms with van der Waals surface area (Å²) in [7, 11) is 0. The molecule has 4 nitrogen and oxygen atoms in total. The van der Waals surface area contributed by atoms with E-state index in [0.29, 0.717) is 22.1 Å². The van der Waals surface area contributed by atoms with E-state index in [9.17, 15) is 10.1 Å². The van der Waals surface area contributed by atoms with Crippen molar-refractivity contribution in [2.45, 2.75) is 5.88 Å². The standard InChI is InChI=1S/C13H8BrCl2NO3/c14-9-1-4-13(11(16)6-9)20-10-2-3-12(17(18)19)8(5-10)7-15/h1-6H,7H2. The van der Waals surface area contributed by atoms with Crippen molar-refractivity contribution in [1.29, 1.82) is 0 Å². The van der Waals surface area contributed by atoms with Crippen molar-refractivity contribution in [2.75, 3.05) is 0 Å². The lowest BCUT2D eigenvalue weighted by molar-refractivity contribution is -0.385. The Bertz CT molecular complexity index is 664. The molecule has 0 aromatic heterocycles. The first-order valence-corrected chi connectivity index (χ1v) is 7.18. The summed E-state index contributed by atoms with van der Waals surface area (Å²) in [4.78, 5) is 10.3. The van der Waals surface area contributed by atoms with Crippen molar-refractivity contribution >= 4 is 44.8 Å². The third-order valence-corrected chi connectivity index (χ3v) is 3.59. The van der Waals surface area contributed by atoms with Gasteiger partial charge in [0.05, 0.1) is 15.8 Å². The number of nitro groups is 1. The van der Waals surface area contributed by atoms with Crippen molar-refractivity contribution < 1.29 is 9.66 Å². The molecule has 0 heterocycles. The highest BCUT2D eigenvalue weighted by molar-refractivity contribution is 9.10. The third kappa shape index (κ3) is 3.42. The number of ether oxygens (including phenoxy) is 1. The molecule has 0 fully saturated rings.